The summed E-state index contributed by atoms with van der Waals surface area (Å²) in [5.74, 6) is 0.659. The van der Waals surface area contributed by atoms with Gasteiger partial charge in [0.2, 0.25) is 0 Å². The fraction of sp³-hybridized carbons (Fsp3) is 0.417. The summed E-state index contributed by atoms with van der Waals surface area (Å²) in [6.07, 6.45) is 2.39. The lowest BCUT2D eigenvalue weighted by molar-refractivity contribution is 0.735. The lowest BCUT2D eigenvalue weighted by atomic mass is 9.92. The molecule has 72 valence electrons. The largest absolute Gasteiger partial charge is 0.198 e. The highest BCUT2D eigenvalue weighted by Gasteiger charge is 2.32. The number of nitriles is 1. The summed E-state index contributed by atoms with van der Waals surface area (Å²) in [6.45, 7) is 2.02. The van der Waals surface area contributed by atoms with Crippen molar-refractivity contribution in [2.75, 3.05) is 0 Å². The molecule has 1 fully saturated rings. The number of hydrogen-bond donors (Lipinski definition) is 0. The molecule has 1 atom stereocenters. The predicted molar refractivity (Wildman–Crippen MR) is 57.3 cm³/mol. The van der Waals surface area contributed by atoms with Crippen LogP contribution < -0.4 is 0 Å². The highest BCUT2D eigenvalue weighted by Crippen LogP contribution is 2.43. The van der Waals surface area contributed by atoms with Crippen LogP contribution in [0.3, 0.4) is 0 Å². The third kappa shape index (κ3) is 1.76. The molecule has 1 aliphatic rings. The minimum Gasteiger partial charge on any atom is -0.198 e. The molecule has 1 aromatic rings. The van der Waals surface area contributed by atoms with Crippen molar-refractivity contribution in [2.45, 2.75) is 25.7 Å². The average molecular weight is 206 g/mol. The van der Waals surface area contributed by atoms with Crippen molar-refractivity contribution in [3.05, 3.63) is 34.3 Å². The van der Waals surface area contributed by atoms with Crippen LogP contribution >= 0.6 is 11.6 Å². The van der Waals surface area contributed by atoms with Gasteiger partial charge in [0.15, 0.2) is 0 Å². The van der Waals surface area contributed by atoms with Crippen LogP contribution in [0.2, 0.25) is 5.02 Å². The number of rotatable bonds is 2. The van der Waals surface area contributed by atoms with Crippen molar-refractivity contribution >= 4 is 11.6 Å². The van der Waals surface area contributed by atoms with Crippen LogP contribution in [0.5, 0.6) is 0 Å². The van der Waals surface area contributed by atoms with E-state index in [1.165, 1.54) is 12.8 Å². The smallest absolute Gasteiger partial charge is 0.0743 e. The fourth-order valence-electron chi connectivity index (χ4n) is 1.85. The van der Waals surface area contributed by atoms with Gasteiger partial charge < -0.3 is 0 Å². The molecule has 1 nitrogen and oxygen atoms in total. The second-order valence-electron chi connectivity index (χ2n) is 3.95. The summed E-state index contributed by atoms with van der Waals surface area (Å²) in [5.41, 5.74) is 2.29. The molecule has 1 aliphatic carbocycles. The van der Waals surface area contributed by atoms with Crippen LogP contribution in [0, 0.1) is 24.2 Å². The van der Waals surface area contributed by atoms with Gasteiger partial charge >= 0.3 is 0 Å². The van der Waals surface area contributed by atoms with E-state index in [4.69, 9.17) is 16.9 Å². The molecule has 0 N–H and O–H groups in total. The van der Waals surface area contributed by atoms with Gasteiger partial charge in [0.1, 0.15) is 0 Å². The highest BCUT2D eigenvalue weighted by molar-refractivity contribution is 6.30. The van der Waals surface area contributed by atoms with Gasteiger partial charge in [-0.1, -0.05) is 17.7 Å². The van der Waals surface area contributed by atoms with Crippen molar-refractivity contribution in [3.63, 3.8) is 0 Å². The van der Waals surface area contributed by atoms with Gasteiger partial charge in [0, 0.05) is 5.02 Å². The number of aryl methyl sites for hydroxylation is 1. The average Bonchev–Trinajstić information content (AvgIpc) is 2.93. The van der Waals surface area contributed by atoms with Gasteiger partial charge in [-0.3, -0.25) is 0 Å². The first-order valence-corrected chi connectivity index (χ1v) is 5.26. The normalized spacial score (nSPS) is 17.5. The van der Waals surface area contributed by atoms with E-state index in [2.05, 4.69) is 6.07 Å². The summed E-state index contributed by atoms with van der Waals surface area (Å²) in [4.78, 5) is 0. The summed E-state index contributed by atoms with van der Waals surface area (Å²) in [7, 11) is 0. The fourth-order valence-corrected chi connectivity index (χ4v) is 2.07. The molecule has 0 spiro atoms. The number of benzene rings is 1. The monoisotopic (exact) mass is 205 g/mol. The molecule has 0 aliphatic heterocycles. The quantitative estimate of drug-likeness (QED) is 0.723. The lowest BCUT2D eigenvalue weighted by Crippen LogP contribution is -2.00. The molecule has 2 rings (SSSR count). The van der Waals surface area contributed by atoms with Crippen LogP contribution in [-0.2, 0) is 0 Å². The van der Waals surface area contributed by atoms with E-state index >= 15 is 0 Å². The summed E-state index contributed by atoms with van der Waals surface area (Å²) in [6, 6.07) is 8.19. The minimum atomic E-state index is 0.0762. The predicted octanol–water partition coefficient (Wildman–Crippen LogP) is 3.67. The molecule has 2 heteroatoms. The molecule has 0 radical (unpaired) electrons. The lowest BCUT2D eigenvalue weighted by Gasteiger charge is -2.11. The zero-order chi connectivity index (χ0) is 10.1. The van der Waals surface area contributed by atoms with E-state index in [0.717, 1.165) is 16.1 Å². The minimum absolute atomic E-state index is 0.0762. The van der Waals surface area contributed by atoms with E-state index in [1.54, 1.807) is 0 Å². The van der Waals surface area contributed by atoms with Crippen molar-refractivity contribution in [1.29, 1.82) is 5.26 Å². The maximum Gasteiger partial charge on any atom is 0.0743 e. The van der Waals surface area contributed by atoms with E-state index in [-0.39, 0.29) is 5.92 Å². The molecular formula is C12H12ClN. The molecule has 0 heterocycles. The third-order valence-electron chi connectivity index (χ3n) is 2.80. The van der Waals surface area contributed by atoms with Crippen LogP contribution in [0.4, 0.5) is 0 Å². The van der Waals surface area contributed by atoms with Crippen molar-refractivity contribution in [1.82, 2.24) is 0 Å². The molecule has 14 heavy (non-hydrogen) atoms. The second kappa shape index (κ2) is 3.63. The summed E-state index contributed by atoms with van der Waals surface area (Å²) >= 11 is 5.88. The molecule has 1 unspecified atom stereocenters. The Morgan fingerprint density at radius 3 is 2.71 bits per heavy atom. The topological polar surface area (TPSA) is 23.8 Å². The van der Waals surface area contributed by atoms with Crippen LogP contribution in [0.25, 0.3) is 0 Å². The Morgan fingerprint density at radius 1 is 1.50 bits per heavy atom. The third-order valence-corrected chi connectivity index (χ3v) is 3.03. The van der Waals surface area contributed by atoms with Crippen molar-refractivity contribution < 1.29 is 0 Å². The zero-order valence-corrected chi connectivity index (χ0v) is 8.88. The SMILES string of the molecule is Cc1cc(Cl)ccc1C(C#N)C1CC1. The zero-order valence-electron chi connectivity index (χ0n) is 8.13. The van der Waals surface area contributed by atoms with Crippen LogP contribution in [0.15, 0.2) is 18.2 Å². The molecule has 0 aromatic heterocycles. The Bertz CT molecular complexity index is 388. The summed E-state index contributed by atoms with van der Waals surface area (Å²) in [5, 5.41) is 9.85. The van der Waals surface area contributed by atoms with Crippen LogP contribution in [0.1, 0.15) is 29.9 Å². The molecule has 0 amide bonds. The van der Waals surface area contributed by atoms with Gasteiger partial charge in [0.05, 0.1) is 12.0 Å². The number of nitrogens with zero attached hydrogens (tertiary/aromatic N) is 1. The van der Waals surface area contributed by atoms with Gasteiger partial charge in [-0.25, -0.2) is 0 Å². The van der Waals surface area contributed by atoms with E-state index in [9.17, 15) is 0 Å². The highest BCUT2D eigenvalue weighted by atomic mass is 35.5. The maximum atomic E-state index is 9.10. The first kappa shape index (κ1) is 9.55. The van der Waals surface area contributed by atoms with E-state index < -0.39 is 0 Å². The Kier molecular flexibility index (Phi) is 2.48. The Morgan fingerprint density at radius 2 is 2.21 bits per heavy atom. The molecule has 0 saturated heterocycles. The van der Waals surface area contributed by atoms with Crippen LogP contribution in [-0.4, -0.2) is 0 Å². The molecular weight excluding hydrogens is 194 g/mol. The standard InChI is InChI=1S/C12H12ClN/c1-8-6-10(13)4-5-11(8)12(7-14)9-2-3-9/h4-6,9,12H,2-3H2,1H3. The van der Waals surface area contributed by atoms with Gasteiger partial charge in [-0.15, -0.1) is 0 Å². The summed E-state index contributed by atoms with van der Waals surface area (Å²) < 4.78 is 0. The van der Waals surface area contributed by atoms with Gasteiger partial charge in [0.25, 0.3) is 0 Å². The van der Waals surface area contributed by atoms with Gasteiger partial charge in [-0.05, 0) is 48.9 Å². The number of halogens is 1. The Labute approximate surface area is 89.3 Å². The van der Waals surface area contributed by atoms with Gasteiger partial charge in [-0.2, -0.15) is 5.26 Å². The number of hydrogen-bond acceptors (Lipinski definition) is 1. The van der Waals surface area contributed by atoms with Crippen molar-refractivity contribution in [3.8, 4) is 6.07 Å². The first-order valence-electron chi connectivity index (χ1n) is 4.88. The molecule has 1 saturated carbocycles. The van der Waals surface area contributed by atoms with E-state index in [1.807, 2.05) is 25.1 Å². The van der Waals surface area contributed by atoms with Crippen molar-refractivity contribution in [2.24, 2.45) is 5.92 Å². The van der Waals surface area contributed by atoms with E-state index in [0.29, 0.717) is 5.92 Å². The first-order chi connectivity index (χ1) is 6.72. The Hall–Kier alpha value is -1.00. The Balaban J connectivity index is 2.35. The maximum absolute atomic E-state index is 9.10. The second-order valence-corrected chi connectivity index (χ2v) is 4.38. The molecule has 1 aromatic carbocycles. The molecule has 0 bridgehead atoms.